The summed E-state index contributed by atoms with van der Waals surface area (Å²) in [6, 6.07) is 4.23. The predicted molar refractivity (Wildman–Crippen MR) is 93.3 cm³/mol. The van der Waals surface area contributed by atoms with E-state index >= 15 is 0 Å². The first-order chi connectivity index (χ1) is 12.8. The van der Waals surface area contributed by atoms with Crippen molar-refractivity contribution in [3.63, 3.8) is 0 Å². The number of amides is 1. The number of nitrogens with zero attached hydrogens (tertiary/aromatic N) is 1. The fourth-order valence-electron chi connectivity index (χ4n) is 3.70. The molecular formula is C17H23F2N2O5S+. The molecule has 2 saturated heterocycles. The summed E-state index contributed by atoms with van der Waals surface area (Å²) in [7, 11) is -1.60. The van der Waals surface area contributed by atoms with Gasteiger partial charge in [0.05, 0.1) is 39.0 Å². The van der Waals surface area contributed by atoms with Crippen molar-refractivity contribution in [2.24, 2.45) is 0 Å². The Labute approximate surface area is 156 Å². The number of piperazine rings is 1. The summed E-state index contributed by atoms with van der Waals surface area (Å²) in [5.74, 6) is 0.202. The van der Waals surface area contributed by atoms with Gasteiger partial charge in [0.1, 0.15) is 11.8 Å². The maximum Gasteiger partial charge on any atom is 0.387 e. The first-order valence-corrected chi connectivity index (χ1v) is 10.6. The monoisotopic (exact) mass is 405 g/mol. The first kappa shape index (κ1) is 19.8. The molecule has 2 fully saturated rings. The van der Waals surface area contributed by atoms with Crippen molar-refractivity contribution in [3.8, 4) is 11.5 Å². The lowest BCUT2D eigenvalue weighted by Gasteiger charge is -2.35. The summed E-state index contributed by atoms with van der Waals surface area (Å²) < 4.78 is 57.5. The van der Waals surface area contributed by atoms with E-state index in [-0.39, 0.29) is 35.0 Å². The number of quaternary nitrogens is 1. The van der Waals surface area contributed by atoms with Gasteiger partial charge in [-0.1, -0.05) is 0 Å². The number of carbonyl (C=O) groups excluding carboxylic acids is 1. The van der Waals surface area contributed by atoms with Gasteiger partial charge in [-0.3, -0.25) is 4.79 Å². The molecule has 0 bridgehead atoms. The third-order valence-electron chi connectivity index (χ3n) is 5.13. The molecule has 27 heavy (non-hydrogen) atoms. The van der Waals surface area contributed by atoms with Crippen LogP contribution in [0, 0.1) is 0 Å². The number of halogens is 2. The molecule has 0 unspecified atom stereocenters. The maximum absolute atomic E-state index is 12.7. The van der Waals surface area contributed by atoms with Gasteiger partial charge in [0, 0.05) is 12.0 Å². The minimum absolute atomic E-state index is 0.0709. The minimum atomic E-state index is -2.98. The standard InChI is InChI=1S/C17H22F2N2O5S/c1-25-15-10-12(2-3-14(15)26-17(18)19)16(22)21-7-5-20(6-8-21)13-4-9-27(23,24)11-13/h2-3,10,13,17H,4-9,11H2,1H3/p+1/t13-/m0/s1. The number of hydrogen-bond acceptors (Lipinski definition) is 5. The van der Waals surface area contributed by atoms with E-state index in [0.717, 1.165) is 0 Å². The van der Waals surface area contributed by atoms with Crippen molar-refractivity contribution < 1.29 is 36.4 Å². The zero-order valence-electron chi connectivity index (χ0n) is 15.0. The highest BCUT2D eigenvalue weighted by Gasteiger charge is 2.37. The Kier molecular flexibility index (Phi) is 5.85. The molecule has 1 aromatic rings. The third-order valence-corrected chi connectivity index (χ3v) is 6.90. The summed E-state index contributed by atoms with van der Waals surface area (Å²) >= 11 is 0. The lowest BCUT2D eigenvalue weighted by Crippen LogP contribution is -3.18. The molecule has 0 radical (unpaired) electrons. The van der Waals surface area contributed by atoms with Crippen LogP contribution < -0.4 is 14.4 Å². The topological polar surface area (TPSA) is 77.4 Å². The maximum atomic E-state index is 12.7. The van der Waals surface area contributed by atoms with Crippen molar-refractivity contribution >= 4 is 15.7 Å². The number of rotatable bonds is 5. The molecule has 0 saturated carbocycles. The number of hydrogen-bond donors (Lipinski definition) is 1. The first-order valence-electron chi connectivity index (χ1n) is 8.76. The van der Waals surface area contributed by atoms with Gasteiger partial charge in [-0.25, -0.2) is 8.42 Å². The van der Waals surface area contributed by atoms with E-state index in [1.165, 1.54) is 30.2 Å². The van der Waals surface area contributed by atoms with Gasteiger partial charge in [-0.05, 0) is 18.2 Å². The number of benzene rings is 1. The summed E-state index contributed by atoms with van der Waals surface area (Å²) in [5, 5.41) is 0. The molecule has 7 nitrogen and oxygen atoms in total. The Bertz CT molecular complexity index is 795. The van der Waals surface area contributed by atoms with E-state index in [1.54, 1.807) is 4.90 Å². The lowest BCUT2D eigenvalue weighted by molar-refractivity contribution is -0.925. The normalized spacial score (nSPS) is 22.8. The molecule has 0 aliphatic carbocycles. The fraction of sp³-hybridized carbons (Fsp3) is 0.588. The lowest BCUT2D eigenvalue weighted by atomic mass is 10.1. The molecule has 1 N–H and O–H groups in total. The number of nitrogens with one attached hydrogen (secondary N) is 1. The zero-order valence-corrected chi connectivity index (χ0v) is 15.8. The summed E-state index contributed by atoms with van der Waals surface area (Å²) in [6.07, 6.45) is 0.675. The molecule has 0 aromatic heterocycles. The second-order valence-electron chi connectivity index (χ2n) is 6.79. The highest BCUT2D eigenvalue weighted by Crippen LogP contribution is 2.29. The van der Waals surface area contributed by atoms with Crippen LogP contribution >= 0.6 is 0 Å². The van der Waals surface area contributed by atoms with Crippen molar-refractivity contribution in [2.75, 3.05) is 44.8 Å². The van der Waals surface area contributed by atoms with Gasteiger partial charge in [-0.2, -0.15) is 8.78 Å². The molecule has 2 aliphatic rings. The van der Waals surface area contributed by atoms with Gasteiger partial charge in [-0.15, -0.1) is 0 Å². The highest BCUT2D eigenvalue weighted by molar-refractivity contribution is 7.91. The average Bonchev–Trinajstić information content (AvgIpc) is 3.01. The SMILES string of the molecule is COc1cc(C(=O)N2CC[NH+]([C@H]3CCS(=O)(=O)C3)CC2)ccc1OC(F)F. The van der Waals surface area contributed by atoms with E-state index in [9.17, 15) is 22.0 Å². The Morgan fingerprint density at radius 2 is 1.96 bits per heavy atom. The number of methoxy groups -OCH3 is 1. The second kappa shape index (κ2) is 7.97. The Hall–Kier alpha value is -1.94. The largest absolute Gasteiger partial charge is 0.493 e. The quantitative estimate of drug-likeness (QED) is 0.736. The molecule has 1 aromatic carbocycles. The molecular weight excluding hydrogens is 382 g/mol. The average molecular weight is 405 g/mol. The number of carbonyl (C=O) groups is 1. The number of ether oxygens (including phenoxy) is 2. The molecule has 2 aliphatic heterocycles. The van der Waals surface area contributed by atoms with Gasteiger partial charge in [0.25, 0.3) is 5.91 Å². The van der Waals surface area contributed by atoms with E-state index in [2.05, 4.69) is 4.74 Å². The van der Waals surface area contributed by atoms with E-state index < -0.39 is 16.4 Å². The molecule has 1 atom stereocenters. The van der Waals surface area contributed by atoms with Crippen molar-refractivity contribution in [3.05, 3.63) is 23.8 Å². The van der Waals surface area contributed by atoms with Crippen molar-refractivity contribution in [1.29, 1.82) is 0 Å². The second-order valence-corrected chi connectivity index (χ2v) is 9.02. The Morgan fingerprint density at radius 1 is 1.26 bits per heavy atom. The van der Waals surface area contributed by atoms with Crippen LogP contribution in [0.15, 0.2) is 18.2 Å². The van der Waals surface area contributed by atoms with Crippen molar-refractivity contribution in [2.45, 2.75) is 19.1 Å². The number of alkyl halides is 2. The number of sulfone groups is 1. The van der Waals surface area contributed by atoms with Crippen LogP contribution in [0.2, 0.25) is 0 Å². The van der Waals surface area contributed by atoms with Crippen LogP contribution in [0.5, 0.6) is 11.5 Å². The van der Waals surface area contributed by atoms with Crippen LogP contribution in [0.25, 0.3) is 0 Å². The van der Waals surface area contributed by atoms with Crippen LogP contribution in [0.3, 0.4) is 0 Å². The van der Waals surface area contributed by atoms with Crippen LogP contribution in [0.1, 0.15) is 16.8 Å². The van der Waals surface area contributed by atoms with Gasteiger partial charge >= 0.3 is 6.61 Å². The third kappa shape index (κ3) is 4.67. The predicted octanol–water partition coefficient (Wildman–Crippen LogP) is -0.176. The zero-order chi connectivity index (χ0) is 19.6. The Balaban J connectivity index is 1.62. The minimum Gasteiger partial charge on any atom is -0.493 e. The summed E-state index contributed by atoms with van der Waals surface area (Å²) in [6.45, 7) is -0.563. The van der Waals surface area contributed by atoms with E-state index in [4.69, 9.17) is 4.74 Å². The smallest absolute Gasteiger partial charge is 0.387 e. The van der Waals surface area contributed by atoms with Crippen LogP contribution in [0.4, 0.5) is 8.78 Å². The highest BCUT2D eigenvalue weighted by atomic mass is 32.2. The summed E-state index contributed by atoms with van der Waals surface area (Å²) in [4.78, 5) is 15.6. The van der Waals surface area contributed by atoms with E-state index in [0.29, 0.717) is 38.2 Å². The molecule has 150 valence electrons. The van der Waals surface area contributed by atoms with Crippen LogP contribution in [-0.4, -0.2) is 76.7 Å². The Morgan fingerprint density at radius 3 is 2.52 bits per heavy atom. The van der Waals surface area contributed by atoms with Crippen molar-refractivity contribution in [1.82, 2.24) is 4.90 Å². The van der Waals surface area contributed by atoms with E-state index in [1.807, 2.05) is 0 Å². The van der Waals surface area contributed by atoms with Gasteiger partial charge < -0.3 is 19.3 Å². The fourth-order valence-corrected chi connectivity index (χ4v) is 5.52. The molecule has 10 heteroatoms. The molecule has 1 amide bonds. The van der Waals surface area contributed by atoms with Crippen LogP contribution in [-0.2, 0) is 9.84 Å². The summed E-state index contributed by atoms with van der Waals surface area (Å²) in [5.41, 5.74) is 0.334. The molecule has 3 rings (SSSR count). The van der Waals surface area contributed by atoms with Gasteiger partial charge in [0.2, 0.25) is 0 Å². The molecule has 0 spiro atoms. The molecule has 2 heterocycles. The van der Waals surface area contributed by atoms with Gasteiger partial charge in [0.15, 0.2) is 21.3 Å².